The van der Waals surface area contributed by atoms with Crippen molar-refractivity contribution in [1.82, 2.24) is 15.5 Å². The van der Waals surface area contributed by atoms with Crippen molar-refractivity contribution >= 4 is 27.6 Å². The van der Waals surface area contributed by atoms with E-state index in [-0.39, 0.29) is 0 Å². The van der Waals surface area contributed by atoms with E-state index < -0.39 is 0 Å². The number of anilines is 2. The van der Waals surface area contributed by atoms with Gasteiger partial charge in [0.2, 0.25) is 5.89 Å². The zero-order valence-electron chi connectivity index (χ0n) is 10.3. The molecular formula is C12H15BrN4O. The van der Waals surface area contributed by atoms with E-state index in [9.17, 15) is 0 Å². The Kier molecular flexibility index (Phi) is 4.33. The van der Waals surface area contributed by atoms with Crippen LogP contribution < -0.4 is 10.6 Å². The zero-order valence-corrected chi connectivity index (χ0v) is 11.9. The van der Waals surface area contributed by atoms with E-state index in [0.717, 1.165) is 10.2 Å². The summed E-state index contributed by atoms with van der Waals surface area (Å²) in [7, 11) is 0. The molecule has 2 rings (SSSR count). The first-order chi connectivity index (χ1) is 8.63. The van der Waals surface area contributed by atoms with Gasteiger partial charge >= 0.3 is 6.01 Å². The third kappa shape index (κ3) is 3.82. The van der Waals surface area contributed by atoms with Crippen LogP contribution in [0.3, 0.4) is 0 Å². The Bertz CT molecular complexity index is 495. The standard InChI is InChI=1S/C12H15BrN4O/c1-8(2)14-7-11-16-17-12(18-11)15-10-5-3-9(13)4-6-10/h3-6,8,14H,7H2,1-2H3,(H,15,17). The molecular weight excluding hydrogens is 296 g/mol. The van der Waals surface area contributed by atoms with Gasteiger partial charge in [0.25, 0.3) is 0 Å². The molecule has 0 amide bonds. The van der Waals surface area contributed by atoms with Gasteiger partial charge in [-0.3, -0.25) is 0 Å². The third-order valence-electron chi connectivity index (χ3n) is 2.22. The van der Waals surface area contributed by atoms with Gasteiger partial charge in [-0.2, -0.15) is 0 Å². The summed E-state index contributed by atoms with van der Waals surface area (Å²) >= 11 is 3.38. The van der Waals surface area contributed by atoms with E-state index in [4.69, 9.17) is 4.42 Å². The lowest BCUT2D eigenvalue weighted by Gasteiger charge is -2.03. The van der Waals surface area contributed by atoms with E-state index in [1.165, 1.54) is 0 Å². The van der Waals surface area contributed by atoms with Crippen molar-refractivity contribution in [2.75, 3.05) is 5.32 Å². The van der Waals surface area contributed by atoms with Gasteiger partial charge in [0, 0.05) is 16.2 Å². The summed E-state index contributed by atoms with van der Waals surface area (Å²) in [6.07, 6.45) is 0. The second-order valence-corrected chi connectivity index (χ2v) is 5.08. The van der Waals surface area contributed by atoms with Gasteiger partial charge in [0.15, 0.2) is 0 Å². The van der Waals surface area contributed by atoms with Crippen LogP contribution in [0.5, 0.6) is 0 Å². The van der Waals surface area contributed by atoms with Crippen LogP contribution in [0.2, 0.25) is 0 Å². The summed E-state index contributed by atoms with van der Waals surface area (Å²) < 4.78 is 6.49. The molecule has 0 radical (unpaired) electrons. The molecule has 96 valence electrons. The van der Waals surface area contributed by atoms with Crippen molar-refractivity contribution < 1.29 is 4.42 Å². The molecule has 0 saturated heterocycles. The molecule has 0 spiro atoms. The molecule has 2 aromatic rings. The van der Waals surface area contributed by atoms with Gasteiger partial charge < -0.3 is 15.1 Å². The monoisotopic (exact) mass is 310 g/mol. The van der Waals surface area contributed by atoms with Gasteiger partial charge in [0.1, 0.15) is 0 Å². The van der Waals surface area contributed by atoms with Gasteiger partial charge in [0.05, 0.1) is 6.54 Å². The lowest BCUT2D eigenvalue weighted by molar-refractivity contribution is 0.460. The maximum Gasteiger partial charge on any atom is 0.320 e. The summed E-state index contributed by atoms with van der Waals surface area (Å²) in [6, 6.07) is 8.54. The summed E-state index contributed by atoms with van der Waals surface area (Å²) in [5.41, 5.74) is 0.908. The number of hydrogen-bond acceptors (Lipinski definition) is 5. The second kappa shape index (κ2) is 5.97. The number of benzene rings is 1. The SMILES string of the molecule is CC(C)NCc1nnc(Nc2ccc(Br)cc2)o1. The highest BCUT2D eigenvalue weighted by molar-refractivity contribution is 9.10. The molecule has 2 N–H and O–H groups in total. The number of hydrogen-bond donors (Lipinski definition) is 2. The molecule has 0 fully saturated rings. The Balaban J connectivity index is 1.95. The molecule has 6 heteroatoms. The summed E-state index contributed by atoms with van der Waals surface area (Å²) in [5, 5.41) is 14.1. The first-order valence-electron chi connectivity index (χ1n) is 5.72. The van der Waals surface area contributed by atoms with Gasteiger partial charge in [-0.15, -0.1) is 5.10 Å². The normalized spacial score (nSPS) is 10.9. The minimum Gasteiger partial charge on any atom is -0.406 e. The van der Waals surface area contributed by atoms with Crippen LogP contribution in [-0.4, -0.2) is 16.2 Å². The Hall–Kier alpha value is -1.40. The molecule has 0 aliphatic rings. The van der Waals surface area contributed by atoms with Crippen LogP contribution in [0, 0.1) is 0 Å². The quantitative estimate of drug-likeness (QED) is 0.888. The molecule has 0 atom stereocenters. The van der Waals surface area contributed by atoms with E-state index in [1.54, 1.807) is 0 Å². The number of nitrogens with one attached hydrogen (secondary N) is 2. The maximum absolute atomic E-state index is 5.46. The van der Waals surface area contributed by atoms with E-state index in [1.807, 2.05) is 24.3 Å². The molecule has 1 heterocycles. The molecule has 0 saturated carbocycles. The first-order valence-corrected chi connectivity index (χ1v) is 6.51. The van der Waals surface area contributed by atoms with Gasteiger partial charge in [-0.25, -0.2) is 0 Å². The van der Waals surface area contributed by atoms with Crippen LogP contribution in [0.25, 0.3) is 0 Å². The van der Waals surface area contributed by atoms with E-state index >= 15 is 0 Å². The fourth-order valence-electron chi connectivity index (χ4n) is 1.32. The number of rotatable bonds is 5. The average molecular weight is 311 g/mol. The lowest BCUT2D eigenvalue weighted by atomic mass is 10.3. The van der Waals surface area contributed by atoms with Gasteiger partial charge in [-0.05, 0) is 24.3 Å². The van der Waals surface area contributed by atoms with E-state index in [0.29, 0.717) is 24.5 Å². The summed E-state index contributed by atoms with van der Waals surface area (Å²) in [5.74, 6) is 0.573. The molecule has 0 aliphatic heterocycles. The van der Waals surface area contributed by atoms with Crippen LogP contribution in [-0.2, 0) is 6.54 Å². The number of halogens is 1. The number of aromatic nitrogens is 2. The Morgan fingerprint density at radius 1 is 1.22 bits per heavy atom. The predicted octanol–water partition coefficient (Wildman–Crippen LogP) is 3.07. The summed E-state index contributed by atoms with van der Waals surface area (Å²) in [4.78, 5) is 0. The average Bonchev–Trinajstić information content (AvgIpc) is 2.77. The highest BCUT2D eigenvalue weighted by Gasteiger charge is 2.06. The minimum absolute atomic E-state index is 0.389. The fraction of sp³-hybridized carbons (Fsp3) is 0.333. The largest absolute Gasteiger partial charge is 0.406 e. The van der Waals surface area contributed by atoms with Crippen molar-refractivity contribution in [1.29, 1.82) is 0 Å². The van der Waals surface area contributed by atoms with Crippen molar-refractivity contribution in [2.45, 2.75) is 26.4 Å². The molecule has 0 unspecified atom stereocenters. The highest BCUT2D eigenvalue weighted by atomic mass is 79.9. The summed E-state index contributed by atoms with van der Waals surface area (Å²) in [6.45, 7) is 4.71. The number of nitrogens with zero attached hydrogens (tertiary/aromatic N) is 2. The van der Waals surface area contributed by atoms with Crippen LogP contribution in [0.4, 0.5) is 11.7 Å². The Morgan fingerprint density at radius 3 is 2.61 bits per heavy atom. The molecule has 18 heavy (non-hydrogen) atoms. The van der Waals surface area contributed by atoms with Crippen LogP contribution >= 0.6 is 15.9 Å². The van der Waals surface area contributed by atoms with Crippen molar-refractivity contribution in [3.8, 4) is 0 Å². The zero-order chi connectivity index (χ0) is 13.0. The van der Waals surface area contributed by atoms with Crippen molar-refractivity contribution in [3.63, 3.8) is 0 Å². The molecule has 5 nitrogen and oxygen atoms in total. The fourth-order valence-corrected chi connectivity index (χ4v) is 1.59. The molecule has 1 aromatic carbocycles. The van der Waals surface area contributed by atoms with E-state index in [2.05, 4.69) is 50.6 Å². The first kappa shape index (κ1) is 13.0. The molecule has 0 aliphatic carbocycles. The van der Waals surface area contributed by atoms with Crippen molar-refractivity contribution in [3.05, 3.63) is 34.6 Å². The Morgan fingerprint density at radius 2 is 1.94 bits per heavy atom. The predicted molar refractivity (Wildman–Crippen MR) is 73.7 cm³/mol. The van der Waals surface area contributed by atoms with Crippen LogP contribution in [0.1, 0.15) is 19.7 Å². The van der Waals surface area contributed by atoms with Crippen molar-refractivity contribution in [2.24, 2.45) is 0 Å². The highest BCUT2D eigenvalue weighted by Crippen LogP contribution is 2.18. The van der Waals surface area contributed by atoms with Crippen LogP contribution in [0.15, 0.2) is 33.2 Å². The van der Waals surface area contributed by atoms with Gasteiger partial charge in [-0.1, -0.05) is 34.9 Å². The third-order valence-corrected chi connectivity index (χ3v) is 2.75. The second-order valence-electron chi connectivity index (χ2n) is 4.17. The maximum atomic E-state index is 5.46. The Labute approximate surface area is 114 Å². The lowest BCUT2D eigenvalue weighted by Crippen LogP contribution is -2.21. The smallest absolute Gasteiger partial charge is 0.320 e. The molecule has 1 aromatic heterocycles. The topological polar surface area (TPSA) is 63.0 Å². The molecule has 0 bridgehead atoms. The minimum atomic E-state index is 0.389.